The van der Waals surface area contributed by atoms with Crippen LogP contribution in [0.4, 0.5) is 0 Å². The molecule has 1 atom stereocenters. The summed E-state index contributed by atoms with van der Waals surface area (Å²) in [6.07, 6.45) is 0.404. The number of carboxylic acids is 1. The Balaban J connectivity index is 2.52. The van der Waals surface area contributed by atoms with Gasteiger partial charge in [0.05, 0.1) is 11.0 Å². The fourth-order valence-electron chi connectivity index (χ4n) is 1.52. The maximum absolute atomic E-state index is 11.7. The van der Waals surface area contributed by atoms with Crippen molar-refractivity contribution in [1.82, 2.24) is 5.32 Å². The number of carbonyl (C=O) groups is 2. The average Bonchev–Trinajstić information content (AvgIpc) is 2.50. The molecule has 1 rings (SSSR count). The maximum Gasteiger partial charge on any atom is 0.311 e. The van der Waals surface area contributed by atoms with Gasteiger partial charge in [0.15, 0.2) is 6.61 Å². The van der Waals surface area contributed by atoms with Crippen molar-refractivity contribution in [2.24, 2.45) is 5.41 Å². The topological polar surface area (TPSA) is 99.4 Å². The molecule has 112 valence electrons. The fraction of sp³-hybridized carbons (Fsp3) is 0.400. The fourth-order valence-corrected chi connectivity index (χ4v) is 1.52. The van der Waals surface area contributed by atoms with Gasteiger partial charge in [-0.25, -0.2) is 0 Å². The number of carboxylic acid groups (broad SMARTS) is 1. The lowest BCUT2D eigenvalue weighted by Crippen LogP contribution is -2.42. The maximum atomic E-state index is 11.7. The molecule has 0 bridgehead atoms. The van der Waals surface area contributed by atoms with Crippen molar-refractivity contribution in [2.45, 2.75) is 20.3 Å². The molecule has 0 heterocycles. The summed E-state index contributed by atoms with van der Waals surface area (Å²) in [6.45, 7) is 3.08. The molecular weight excluding hydrogens is 272 g/mol. The highest BCUT2D eigenvalue weighted by atomic mass is 16.5. The van der Waals surface area contributed by atoms with Crippen LogP contribution >= 0.6 is 0 Å². The average molecular weight is 290 g/mol. The van der Waals surface area contributed by atoms with Gasteiger partial charge in [-0.2, -0.15) is 5.26 Å². The molecule has 2 N–H and O–H groups in total. The van der Waals surface area contributed by atoms with Gasteiger partial charge in [-0.05, 0) is 25.5 Å². The molecule has 0 saturated carbocycles. The van der Waals surface area contributed by atoms with E-state index in [1.54, 1.807) is 38.1 Å². The lowest BCUT2D eigenvalue weighted by atomic mass is 9.88. The SMILES string of the molecule is CCC(C)(CNC(=O)COc1ccccc1C#N)C(=O)O. The van der Waals surface area contributed by atoms with Crippen LogP contribution in [0.1, 0.15) is 25.8 Å². The molecule has 6 nitrogen and oxygen atoms in total. The van der Waals surface area contributed by atoms with Gasteiger partial charge in [0.2, 0.25) is 0 Å². The summed E-state index contributed by atoms with van der Waals surface area (Å²) in [5.41, 5.74) is -0.658. The van der Waals surface area contributed by atoms with E-state index in [2.05, 4.69) is 5.32 Å². The number of rotatable bonds is 7. The van der Waals surface area contributed by atoms with Crippen LogP contribution in [0.2, 0.25) is 0 Å². The number of hydrogen-bond acceptors (Lipinski definition) is 4. The summed E-state index contributed by atoms with van der Waals surface area (Å²) in [5, 5.41) is 20.5. The molecule has 6 heteroatoms. The van der Waals surface area contributed by atoms with Crippen LogP contribution in [0.25, 0.3) is 0 Å². The van der Waals surface area contributed by atoms with Gasteiger partial charge in [0.25, 0.3) is 5.91 Å². The first-order chi connectivity index (χ1) is 9.92. The summed E-state index contributed by atoms with van der Waals surface area (Å²) in [7, 11) is 0. The lowest BCUT2D eigenvalue weighted by Gasteiger charge is -2.23. The third-order valence-electron chi connectivity index (χ3n) is 3.34. The van der Waals surface area contributed by atoms with Crippen LogP contribution < -0.4 is 10.1 Å². The van der Waals surface area contributed by atoms with E-state index in [9.17, 15) is 9.59 Å². The zero-order chi connectivity index (χ0) is 15.9. The van der Waals surface area contributed by atoms with Gasteiger partial charge in [0, 0.05) is 6.54 Å². The van der Waals surface area contributed by atoms with Crippen LogP contribution in [0.15, 0.2) is 24.3 Å². The second-order valence-electron chi connectivity index (χ2n) is 4.89. The number of carbonyl (C=O) groups excluding carboxylic acids is 1. The molecule has 0 aliphatic rings. The Kier molecular flexibility index (Phi) is 5.73. The third kappa shape index (κ3) is 4.49. The Hall–Kier alpha value is -2.55. The number of nitrogens with one attached hydrogen (secondary N) is 1. The minimum absolute atomic E-state index is 0.0287. The van der Waals surface area contributed by atoms with E-state index in [4.69, 9.17) is 15.1 Å². The molecule has 0 saturated heterocycles. The van der Waals surface area contributed by atoms with Gasteiger partial charge < -0.3 is 15.2 Å². The number of hydrogen-bond donors (Lipinski definition) is 2. The van der Waals surface area contributed by atoms with Crippen molar-refractivity contribution < 1.29 is 19.4 Å². The number of para-hydroxylation sites is 1. The molecule has 1 amide bonds. The second kappa shape index (κ2) is 7.29. The first-order valence-electron chi connectivity index (χ1n) is 6.55. The normalized spacial score (nSPS) is 12.8. The molecule has 21 heavy (non-hydrogen) atoms. The van der Waals surface area contributed by atoms with Gasteiger partial charge in [-0.3, -0.25) is 9.59 Å². The predicted molar refractivity (Wildman–Crippen MR) is 75.7 cm³/mol. The Labute approximate surface area is 123 Å². The highest BCUT2D eigenvalue weighted by Gasteiger charge is 2.31. The number of benzene rings is 1. The molecule has 1 aromatic carbocycles. The number of aliphatic carboxylic acids is 1. The molecule has 0 aliphatic carbocycles. The molecule has 0 radical (unpaired) electrons. The molecule has 0 aromatic heterocycles. The monoisotopic (exact) mass is 290 g/mol. The summed E-state index contributed by atoms with van der Waals surface area (Å²) < 4.78 is 5.27. The van der Waals surface area contributed by atoms with Crippen molar-refractivity contribution in [3.05, 3.63) is 29.8 Å². The number of nitrogens with zero attached hydrogens (tertiary/aromatic N) is 1. The quantitative estimate of drug-likeness (QED) is 0.793. The first kappa shape index (κ1) is 16.5. The lowest BCUT2D eigenvalue weighted by molar-refractivity contribution is -0.148. The number of amides is 1. The van der Waals surface area contributed by atoms with Gasteiger partial charge in [0.1, 0.15) is 11.8 Å². The van der Waals surface area contributed by atoms with Crippen molar-refractivity contribution in [3.63, 3.8) is 0 Å². The summed E-state index contributed by atoms with van der Waals surface area (Å²) in [4.78, 5) is 22.8. The van der Waals surface area contributed by atoms with Crippen LogP contribution in [-0.4, -0.2) is 30.1 Å². The third-order valence-corrected chi connectivity index (χ3v) is 3.34. The first-order valence-corrected chi connectivity index (χ1v) is 6.55. The molecule has 1 aromatic rings. The Morgan fingerprint density at radius 1 is 1.43 bits per heavy atom. The number of nitriles is 1. The Morgan fingerprint density at radius 3 is 2.67 bits per heavy atom. The molecule has 0 spiro atoms. The van der Waals surface area contributed by atoms with Gasteiger partial charge in [-0.15, -0.1) is 0 Å². The zero-order valence-electron chi connectivity index (χ0n) is 12.0. The largest absolute Gasteiger partial charge is 0.482 e. The minimum Gasteiger partial charge on any atom is -0.482 e. The Morgan fingerprint density at radius 2 is 2.10 bits per heavy atom. The zero-order valence-corrected chi connectivity index (χ0v) is 12.0. The second-order valence-corrected chi connectivity index (χ2v) is 4.89. The summed E-state index contributed by atoms with van der Waals surface area (Å²) >= 11 is 0. The molecule has 1 unspecified atom stereocenters. The highest BCUT2D eigenvalue weighted by molar-refractivity contribution is 5.79. The van der Waals surface area contributed by atoms with Crippen LogP contribution in [0.3, 0.4) is 0 Å². The number of ether oxygens (including phenoxy) is 1. The van der Waals surface area contributed by atoms with Crippen molar-refractivity contribution >= 4 is 11.9 Å². The van der Waals surface area contributed by atoms with Crippen LogP contribution in [-0.2, 0) is 9.59 Å². The van der Waals surface area contributed by atoms with Gasteiger partial charge in [-0.1, -0.05) is 19.1 Å². The van der Waals surface area contributed by atoms with E-state index in [0.29, 0.717) is 17.7 Å². The standard InChI is InChI=1S/C15H18N2O4/c1-3-15(2,14(19)20)10-17-13(18)9-21-12-7-5-4-6-11(12)8-16/h4-7H,3,9-10H2,1-2H3,(H,17,18)(H,19,20). The highest BCUT2D eigenvalue weighted by Crippen LogP contribution is 2.20. The van der Waals surface area contributed by atoms with Crippen LogP contribution in [0, 0.1) is 16.7 Å². The molecular formula is C15H18N2O4. The Bertz CT molecular complexity index is 565. The predicted octanol–water partition coefficient (Wildman–Crippen LogP) is 1.55. The van der Waals surface area contributed by atoms with E-state index in [-0.39, 0.29) is 13.2 Å². The van der Waals surface area contributed by atoms with Crippen molar-refractivity contribution in [3.8, 4) is 11.8 Å². The smallest absolute Gasteiger partial charge is 0.311 e. The van der Waals surface area contributed by atoms with Gasteiger partial charge >= 0.3 is 5.97 Å². The van der Waals surface area contributed by atoms with E-state index in [0.717, 1.165) is 0 Å². The van der Waals surface area contributed by atoms with E-state index < -0.39 is 17.3 Å². The molecule has 0 fully saturated rings. The summed E-state index contributed by atoms with van der Waals surface area (Å²) in [6, 6.07) is 8.55. The van der Waals surface area contributed by atoms with Crippen LogP contribution in [0.5, 0.6) is 5.75 Å². The molecule has 0 aliphatic heterocycles. The van der Waals surface area contributed by atoms with E-state index >= 15 is 0 Å². The summed E-state index contributed by atoms with van der Waals surface area (Å²) in [5.74, 6) is -1.06. The van der Waals surface area contributed by atoms with E-state index in [1.165, 1.54) is 0 Å². The van der Waals surface area contributed by atoms with Crippen molar-refractivity contribution in [1.29, 1.82) is 5.26 Å². The van der Waals surface area contributed by atoms with Crippen molar-refractivity contribution in [2.75, 3.05) is 13.2 Å². The van der Waals surface area contributed by atoms with E-state index in [1.807, 2.05) is 6.07 Å². The minimum atomic E-state index is -1.000.